The number of carbonyl (C=O) groups is 1. The highest BCUT2D eigenvalue weighted by molar-refractivity contribution is 6.31. The van der Waals surface area contributed by atoms with Crippen molar-refractivity contribution in [1.82, 2.24) is 10.2 Å². The van der Waals surface area contributed by atoms with E-state index in [4.69, 9.17) is 16.3 Å². The number of hydrogen-bond donors (Lipinski definition) is 2. The smallest absolute Gasteiger partial charge is 0.317 e. The molecular formula is C16H23ClN2O3. The van der Waals surface area contributed by atoms with Gasteiger partial charge in [-0.2, -0.15) is 0 Å². The van der Waals surface area contributed by atoms with Gasteiger partial charge < -0.3 is 20.1 Å². The lowest BCUT2D eigenvalue weighted by atomic mass is 10.0. The molecule has 6 heteroatoms. The molecule has 1 aromatic rings. The number of ether oxygens (including phenoxy) is 1. The lowest BCUT2D eigenvalue weighted by Crippen LogP contribution is -2.41. The first-order valence-corrected chi connectivity index (χ1v) is 7.88. The van der Waals surface area contributed by atoms with Gasteiger partial charge in [-0.3, -0.25) is 0 Å². The number of aliphatic hydroxyl groups is 1. The van der Waals surface area contributed by atoms with Crippen molar-refractivity contribution < 1.29 is 14.6 Å². The molecule has 22 heavy (non-hydrogen) atoms. The lowest BCUT2D eigenvalue weighted by Gasteiger charge is -2.22. The summed E-state index contributed by atoms with van der Waals surface area (Å²) in [6, 6.07) is 7.32. The maximum absolute atomic E-state index is 12.2. The van der Waals surface area contributed by atoms with Gasteiger partial charge in [-0.05, 0) is 19.4 Å². The molecule has 2 rings (SSSR count). The summed E-state index contributed by atoms with van der Waals surface area (Å²) in [5.74, 6) is 0.160. The number of aliphatic hydroxyl groups excluding tert-OH is 1. The van der Waals surface area contributed by atoms with Crippen molar-refractivity contribution in [3.05, 3.63) is 34.9 Å². The fourth-order valence-corrected chi connectivity index (χ4v) is 2.97. The van der Waals surface area contributed by atoms with E-state index in [1.54, 1.807) is 25.0 Å². The highest BCUT2D eigenvalue weighted by Crippen LogP contribution is 2.25. The molecule has 2 amide bonds. The molecule has 0 unspecified atom stereocenters. The van der Waals surface area contributed by atoms with Crippen LogP contribution in [0.15, 0.2) is 24.3 Å². The fraction of sp³-hybridized carbons (Fsp3) is 0.562. The minimum atomic E-state index is -0.382. The summed E-state index contributed by atoms with van der Waals surface area (Å²) in [6.45, 7) is 3.39. The molecule has 1 saturated heterocycles. The van der Waals surface area contributed by atoms with Gasteiger partial charge >= 0.3 is 6.03 Å². The van der Waals surface area contributed by atoms with Crippen LogP contribution in [-0.4, -0.2) is 48.9 Å². The summed E-state index contributed by atoms with van der Waals surface area (Å²) in [6.07, 6.45) is 0.170. The van der Waals surface area contributed by atoms with Crippen LogP contribution in [0.2, 0.25) is 5.02 Å². The molecule has 0 bridgehead atoms. The van der Waals surface area contributed by atoms with Crippen LogP contribution in [0, 0.1) is 5.92 Å². The molecule has 1 heterocycles. The molecule has 0 saturated carbocycles. The minimum Gasteiger partial charge on any atom is -0.393 e. The molecule has 2 N–H and O–H groups in total. The van der Waals surface area contributed by atoms with Crippen LogP contribution in [-0.2, 0) is 4.74 Å². The van der Waals surface area contributed by atoms with E-state index in [1.165, 1.54) is 0 Å². The van der Waals surface area contributed by atoms with Crippen molar-refractivity contribution in [3.63, 3.8) is 0 Å². The van der Waals surface area contributed by atoms with Gasteiger partial charge in [-0.15, -0.1) is 0 Å². The number of urea groups is 1. The molecule has 0 aromatic heterocycles. The SMILES string of the molecule is CO[C@H](CNC(=O)N1CC[C@@H]([C@@H](C)O)C1)c1ccccc1Cl. The van der Waals surface area contributed by atoms with Crippen LogP contribution in [0.5, 0.6) is 0 Å². The zero-order valence-corrected chi connectivity index (χ0v) is 13.7. The highest BCUT2D eigenvalue weighted by atomic mass is 35.5. The summed E-state index contributed by atoms with van der Waals surface area (Å²) in [5, 5.41) is 13.1. The van der Waals surface area contributed by atoms with E-state index in [0.717, 1.165) is 12.0 Å². The third kappa shape index (κ3) is 4.12. The van der Waals surface area contributed by atoms with Crippen molar-refractivity contribution >= 4 is 17.6 Å². The van der Waals surface area contributed by atoms with Crippen molar-refractivity contribution in [2.45, 2.75) is 25.6 Å². The Hall–Kier alpha value is -1.30. The largest absolute Gasteiger partial charge is 0.393 e. The lowest BCUT2D eigenvalue weighted by molar-refractivity contribution is 0.101. The summed E-state index contributed by atoms with van der Waals surface area (Å²) in [4.78, 5) is 13.9. The number of amides is 2. The number of nitrogens with zero attached hydrogens (tertiary/aromatic N) is 1. The Morgan fingerprint density at radius 1 is 1.55 bits per heavy atom. The third-order valence-electron chi connectivity index (χ3n) is 4.17. The fourth-order valence-electron chi connectivity index (χ4n) is 2.71. The van der Waals surface area contributed by atoms with E-state index in [2.05, 4.69) is 5.32 Å². The Labute approximate surface area is 136 Å². The van der Waals surface area contributed by atoms with E-state index in [9.17, 15) is 9.90 Å². The van der Waals surface area contributed by atoms with Crippen molar-refractivity contribution in [3.8, 4) is 0 Å². The number of rotatable bonds is 5. The van der Waals surface area contributed by atoms with Crippen LogP contribution in [0.4, 0.5) is 4.79 Å². The molecule has 3 atom stereocenters. The molecule has 0 aliphatic carbocycles. The van der Waals surface area contributed by atoms with Crippen LogP contribution < -0.4 is 5.32 Å². The molecule has 0 spiro atoms. The molecule has 1 fully saturated rings. The quantitative estimate of drug-likeness (QED) is 0.873. The second kappa shape index (κ2) is 7.81. The maximum Gasteiger partial charge on any atom is 0.317 e. The molecule has 1 aliphatic heterocycles. The molecule has 5 nitrogen and oxygen atoms in total. The third-order valence-corrected chi connectivity index (χ3v) is 4.51. The van der Waals surface area contributed by atoms with Gasteiger partial charge in [0, 0.05) is 43.2 Å². The van der Waals surface area contributed by atoms with Gasteiger partial charge in [-0.25, -0.2) is 4.79 Å². The van der Waals surface area contributed by atoms with Crippen LogP contribution in [0.1, 0.15) is 25.0 Å². The van der Waals surface area contributed by atoms with E-state index >= 15 is 0 Å². The first kappa shape index (κ1) is 17.1. The minimum absolute atomic E-state index is 0.128. The summed E-state index contributed by atoms with van der Waals surface area (Å²) in [7, 11) is 1.60. The molecule has 122 valence electrons. The van der Waals surface area contributed by atoms with Crippen molar-refractivity contribution in [1.29, 1.82) is 0 Å². The van der Waals surface area contributed by atoms with Gasteiger partial charge in [-0.1, -0.05) is 29.8 Å². The molecule has 0 radical (unpaired) electrons. The van der Waals surface area contributed by atoms with Crippen molar-refractivity contribution in [2.24, 2.45) is 5.92 Å². The molecule has 1 aliphatic rings. The van der Waals surface area contributed by atoms with E-state index in [-0.39, 0.29) is 24.2 Å². The number of methoxy groups -OCH3 is 1. The number of carbonyl (C=O) groups excluding carboxylic acids is 1. The second-order valence-corrected chi connectivity index (χ2v) is 6.07. The van der Waals surface area contributed by atoms with Crippen LogP contribution in [0.25, 0.3) is 0 Å². The predicted octanol–water partition coefficient (Wildman–Crippen LogP) is 2.44. The van der Waals surface area contributed by atoms with E-state index in [1.807, 2.05) is 18.2 Å². The number of hydrogen-bond acceptors (Lipinski definition) is 3. The van der Waals surface area contributed by atoms with Crippen LogP contribution >= 0.6 is 11.6 Å². The Morgan fingerprint density at radius 3 is 2.86 bits per heavy atom. The molecular weight excluding hydrogens is 304 g/mol. The average Bonchev–Trinajstić information content (AvgIpc) is 2.99. The van der Waals surface area contributed by atoms with Gasteiger partial charge in [0.15, 0.2) is 0 Å². The summed E-state index contributed by atoms with van der Waals surface area (Å²) < 4.78 is 5.43. The Balaban J connectivity index is 1.89. The highest BCUT2D eigenvalue weighted by Gasteiger charge is 2.29. The zero-order valence-electron chi connectivity index (χ0n) is 13.0. The van der Waals surface area contributed by atoms with Crippen molar-refractivity contribution in [2.75, 3.05) is 26.7 Å². The van der Waals surface area contributed by atoms with Gasteiger partial charge in [0.05, 0.1) is 6.10 Å². The Kier molecular flexibility index (Phi) is 6.06. The summed E-state index contributed by atoms with van der Waals surface area (Å²) in [5.41, 5.74) is 0.857. The summed E-state index contributed by atoms with van der Waals surface area (Å²) >= 11 is 6.16. The number of nitrogens with one attached hydrogen (secondary N) is 1. The maximum atomic E-state index is 12.2. The normalized spacial score (nSPS) is 20.7. The topological polar surface area (TPSA) is 61.8 Å². The van der Waals surface area contributed by atoms with Gasteiger partial charge in [0.1, 0.15) is 6.10 Å². The monoisotopic (exact) mass is 326 g/mol. The van der Waals surface area contributed by atoms with Gasteiger partial charge in [0.2, 0.25) is 0 Å². The molecule has 1 aromatic carbocycles. The first-order valence-electron chi connectivity index (χ1n) is 7.51. The van der Waals surface area contributed by atoms with E-state index in [0.29, 0.717) is 24.7 Å². The zero-order chi connectivity index (χ0) is 16.1. The number of benzene rings is 1. The van der Waals surface area contributed by atoms with E-state index < -0.39 is 0 Å². The standard InChI is InChI=1S/C16H23ClN2O3/c1-11(20)12-7-8-19(10-12)16(21)18-9-15(22-2)13-5-3-4-6-14(13)17/h3-6,11-12,15,20H,7-10H2,1-2H3,(H,18,21)/t11-,12-,15-/m1/s1. The van der Waals surface area contributed by atoms with Gasteiger partial charge in [0.25, 0.3) is 0 Å². The van der Waals surface area contributed by atoms with Crippen LogP contribution in [0.3, 0.4) is 0 Å². The average molecular weight is 327 g/mol. The number of likely N-dealkylation sites (tertiary alicyclic amines) is 1. The predicted molar refractivity (Wildman–Crippen MR) is 86.0 cm³/mol. The second-order valence-electron chi connectivity index (χ2n) is 5.67. The first-order chi connectivity index (χ1) is 10.5. The Morgan fingerprint density at radius 2 is 2.27 bits per heavy atom. The Bertz CT molecular complexity index is 510. The number of halogens is 1.